The molecule has 1 aliphatic rings. The molecule has 3 rings (SSSR count). The number of hydrogen-bond acceptors (Lipinski definition) is 5. The van der Waals surface area contributed by atoms with E-state index in [0.29, 0.717) is 25.2 Å². The molecule has 27 heavy (non-hydrogen) atoms. The van der Waals surface area contributed by atoms with E-state index in [1.54, 1.807) is 19.1 Å². The number of carbonyl (C=O) groups excluding carboxylic acids is 1. The molecule has 0 radical (unpaired) electrons. The summed E-state index contributed by atoms with van der Waals surface area (Å²) >= 11 is 0. The van der Waals surface area contributed by atoms with Crippen LogP contribution in [0.3, 0.4) is 0 Å². The molecule has 6 heteroatoms. The Morgan fingerprint density at radius 3 is 2.56 bits per heavy atom. The summed E-state index contributed by atoms with van der Waals surface area (Å²) in [6, 6.07) is 14.8. The summed E-state index contributed by atoms with van der Waals surface area (Å²) in [6.07, 6.45) is -0.624. The first-order chi connectivity index (χ1) is 13.0. The second-order valence-electron chi connectivity index (χ2n) is 6.67. The number of halogens is 1. The minimum atomic E-state index is -0.727. The van der Waals surface area contributed by atoms with Gasteiger partial charge in [-0.05, 0) is 43.2 Å². The molecule has 1 heterocycles. The molecule has 0 aromatic heterocycles. The lowest BCUT2D eigenvalue weighted by Gasteiger charge is -2.31. The summed E-state index contributed by atoms with van der Waals surface area (Å²) in [5, 5.41) is 0. The minimum Gasteiger partial charge on any atom is -0.484 e. The summed E-state index contributed by atoms with van der Waals surface area (Å²) in [4.78, 5) is 12.1. The van der Waals surface area contributed by atoms with Crippen LogP contribution in [0, 0.1) is 5.82 Å². The molecule has 2 aromatic carbocycles. The molecule has 0 saturated carbocycles. The standard InChI is InChI=1S/C21H24FNO4/c1-14-20(27-17-5-3-2-4-6-17)19(13-15-7-9-16(22)10-8-15)25-12-11-18(23)21(24)26-14/h2-10,14,18-20H,11-13,23H2,1H3/t14-,18-,19+,20-/m0/s1. The van der Waals surface area contributed by atoms with Crippen LogP contribution in [0.2, 0.25) is 0 Å². The molecule has 2 N–H and O–H groups in total. The van der Waals surface area contributed by atoms with Gasteiger partial charge in [0.25, 0.3) is 0 Å². The Kier molecular flexibility index (Phi) is 6.42. The molecule has 1 aliphatic heterocycles. The van der Waals surface area contributed by atoms with Crippen LogP contribution in [0.25, 0.3) is 0 Å². The fraction of sp³-hybridized carbons (Fsp3) is 0.381. The second-order valence-corrected chi connectivity index (χ2v) is 6.67. The average molecular weight is 373 g/mol. The molecule has 0 bridgehead atoms. The third kappa shape index (κ3) is 5.28. The Morgan fingerprint density at radius 2 is 1.85 bits per heavy atom. The lowest BCUT2D eigenvalue weighted by atomic mass is 10.00. The Labute approximate surface area is 158 Å². The lowest BCUT2D eigenvalue weighted by molar-refractivity contribution is -0.156. The Hall–Kier alpha value is -2.44. The summed E-state index contributed by atoms with van der Waals surface area (Å²) in [6.45, 7) is 2.08. The first-order valence-electron chi connectivity index (χ1n) is 9.07. The van der Waals surface area contributed by atoms with E-state index in [1.807, 2.05) is 30.3 Å². The van der Waals surface area contributed by atoms with Crippen LogP contribution < -0.4 is 10.5 Å². The smallest absolute Gasteiger partial charge is 0.323 e. The second kappa shape index (κ2) is 8.97. The topological polar surface area (TPSA) is 70.8 Å². The van der Waals surface area contributed by atoms with Crippen molar-refractivity contribution in [3.05, 3.63) is 66.0 Å². The van der Waals surface area contributed by atoms with Gasteiger partial charge in [0.15, 0.2) is 6.10 Å². The summed E-state index contributed by atoms with van der Waals surface area (Å²) in [5.74, 6) is -0.101. The molecule has 1 saturated heterocycles. The van der Waals surface area contributed by atoms with Crippen LogP contribution in [0.15, 0.2) is 54.6 Å². The maximum Gasteiger partial charge on any atom is 0.323 e. The van der Waals surface area contributed by atoms with Crippen molar-refractivity contribution in [3.8, 4) is 5.75 Å². The van der Waals surface area contributed by atoms with Gasteiger partial charge < -0.3 is 19.9 Å². The van der Waals surface area contributed by atoms with Crippen LogP contribution in [0.5, 0.6) is 5.75 Å². The monoisotopic (exact) mass is 373 g/mol. The van der Waals surface area contributed by atoms with Gasteiger partial charge in [-0.1, -0.05) is 30.3 Å². The molecule has 0 amide bonds. The molecular formula is C21H24FNO4. The predicted octanol–water partition coefficient (Wildman–Crippen LogP) is 2.86. The zero-order chi connectivity index (χ0) is 19.2. The Morgan fingerprint density at radius 1 is 1.15 bits per heavy atom. The quantitative estimate of drug-likeness (QED) is 0.835. The fourth-order valence-corrected chi connectivity index (χ4v) is 3.05. The van der Waals surface area contributed by atoms with Crippen molar-refractivity contribution in [2.45, 2.75) is 44.1 Å². The number of hydrogen-bond donors (Lipinski definition) is 1. The number of benzene rings is 2. The highest BCUT2D eigenvalue weighted by molar-refractivity contribution is 5.75. The zero-order valence-electron chi connectivity index (χ0n) is 15.2. The highest BCUT2D eigenvalue weighted by atomic mass is 19.1. The highest BCUT2D eigenvalue weighted by Gasteiger charge is 2.35. The molecule has 4 atom stereocenters. The molecule has 2 aromatic rings. The molecule has 5 nitrogen and oxygen atoms in total. The van der Waals surface area contributed by atoms with Gasteiger partial charge in [0.1, 0.15) is 29.8 Å². The summed E-state index contributed by atoms with van der Waals surface area (Å²) in [7, 11) is 0. The Balaban J connectivity index is 1.85. The zero-order valence-corrected chi connectivity index (χ0v) is 15.2. The largest absolute Gasteiger partial charge is 0.484 e. The van der Waals surface area contributed by atoms with Gasteiger partial charge in [-0.15, -0.1) is 0 Å². The van der Waals surface area contributed by atoms with Gasteiger partial charge >= 0.3 is 5.97 Å². The van der Waals surface area contributed by atoms with E-state index in [1.165, 1.54) is 12.1 Å². The van der Waals surface area contributed by atoms with E-state index in [-0.39, 0.29) is 11.9 Å². The van der Waals surface area contributed by atoms with Crippen molar-refractivity contribution in [1.29, 1.82) is 0 Å². The summed E-state index contributed by atoms with van der Waals surface area (Å²) < 4.78 is 30.9. The van der Waals surface area contributed by atoms with E-state index in [9.17, 15) is 9.18 Å². The number of rotatable bonds is 4. The molecule has 144 valence electrons. The lowest BCUT2D eigenvalue weighted by Crippen LogP contribution is -2.45. The third-order valence-electron chi connectivity index (χ3n) is 4.56. The van der Waals surface area contributed by atoms with Crippen molar-refractivity contribution in [2.75, 3.05) is 6.61 Å². The van der Waals surface area contributed by atoms with Crippen LogP contribution >= 0.6 is 0 Å². The summed E-state index contributed by atoms with van der Waals surface area (Å²) in [5.41, 5.74) is 6.76. The molecule has 1 fully saturated rings. The minimum absolute atomic E-state index is 0.292. The van der Waals surface area contributed by atoms with Gasteiger partial charge in [0.2, 0.25) is 0 Å². The van der Waals surface area contributed by atoms with Gasteiger partial charge in [-0.3, -0.25) is 4.79 Å². The van der Waals surface area contributed by atoms with Crippen LogP contribution in [0.4, 0.5) is 4.39 Å². The molecule has 0 aliphatic carbocycles. The normalized spacial score (nSPS) is 26.4. The van der Waals surface area contributed by atoms with Crippen molar-refractivity contribution in [2.24, 2.45) is 5.73 Å². The first kappa shape index (κ1) is 19.3. The highest BCUT2D eigenvalue weighted by Crippen LogP contribution is 2.23. The van der Waals surface area contributed by atoms with E-state index in [0.717, 1.165) is 5.56 Å². The van der Waals surface area contributed by atoms with Crippen molar-refractivity contribution >= 4 is 5.97 Å². The van der Waals surface area contributed by atoms with Crippen molar-refractivity contribution < 1.29 is 23.4 Å². The van der Waals surface area contributed by atoms with Crippen LogP contribution in [-0.2, 0) is 20.7 Å². The van der Waals surface area contributed by atoms with Gasteiger partial charge in [-0.25, -0.2) is 4.39 Å². The predicted molar refractivity (Wildman–Crippen MR) is 98.8 cm³/mol. The van der Waals surface area contributed by atoms with E-state index in [4.69, 9.17) is 19.9 Å². The number of nitrogens with two attached hydrogens (primary N) is 1. The molecule has 0 unspecified atom stereocenters. The number of para-hydroxylation sites is 1. The van der Waals surface area contributed by atoms with Gasteiger partial charge in [0, 0.05) is 13.0 Å². The van der Waals surface area contributed by atoms with Crippen molar-refractivity contribution in [1.82, 2.24) is 0 Å². The molecular weight excluding hydrogens is 349 g/mol. The maximum absolute atomic E-state index is 13.2. The van der Waals surface area contributed by atoms with E-state index < -0.39 is 24.2 Å². The third-order valence-corrected chi connectivity index (χ3v) is 4.56. The Bertz CT molecular complexity index is 738. The SMILES string of the molecule is C[C@@H]1OC(=O)[C@@H](N)CCO[C@H](Cc2ccc(F)cc2)[C@H]1Oc1ccccc1. The van der Waals surface area contributed by atoms with Gasteiger partial charge in [-0.2, -0.15) is 0 Å². The first-order valence-corrected chi connectivity index (χ1v) is 9.07. The fourth-order valence-electron chi connectivity index (χ4n) is 3.05. The van der Waals surface area contributed by atoms with Crippen molar-refractivity contribution in [3.63, 3.8) is 0 Å². The average Bonchev–Trinajstić information content (AvgIpc) is 2.71. The molecule has 0 spiro atoms. The van der Waals surface area contributed by atoms with Crippen LogP contribution in [-0.4, -0.2) is 36.9 Å². The number of carbonyl (C=O) groups is 1. The number of cyclic esters (lactones) is 1. The number of esters is 1. The number of ether oxygens (including phenoxy) is 3. The van der Waals surface area contributed by atoms with E-state index >= 15 is 0 Å². The van der Waals surface area contributed by atoms with Gasteiger partial charge in [0.05, 0.1) is 0 Å². The van der Waals surface area contributed by atoms with Crippen LogP contribution in [0.1, 0.15) is 18.9 Å². The maximum atomic E-state index is 13.2. The van der Waals surface area contributed by atoms with E-state index in [2.05, 4.69) is 0 Å².